The molecular weight excluding hydrogens is 320 g/mol. The van der Waals surface area contributed by atoms with E-state index in [9.17, 15) is 14.7 Å². The predicted molar refractivity (Wildman–Crippen MR) is 92.9 cm³/mol. The van der Waals surface area contributed by atoms with Gasteiger partial charge in [0.25, 0.3) is 0 Å². The number of aryl methyl sites for hydroxylation is 2. The smallest absolute Gasteiger partial charge is 0.313 e. The molecule has 1 aromatic rings. The molecule has 0 saturated carbocycles. The molecular formula is C18H26N4O3. The molecule has 0 radical (unpaired) electrons. The SMILES string of the molecule is C=CCN1C[C@]2(C(=O)O)CN(Cc3cn(CCC)nc3C)C[C@@H]2C1=O. The fourth-order valence-corrected chi connectivity index (χ4v) is 4.13. The zero-order chi connectivity index (χ0) is 18.2. The van der Waals surface area contributed by atoms with Gasteiger partial charge >= 0.3 is 5.97 Å². The molecule has 7 nitrogen and oxygen atoms in total. The predicted octanol–water partition coefficient (Wildman–Crippen LogP) is 1.13. The molecule has 0 spiro atoms. The van der Waals surface area contributed by atoms with Crippen LogP contribution in [-0.4, -0.2) is 62.7 Å². The van der Waals surface area contributed by atoms with E-state index in [2.05, 4.69) is 23.5 Å². The first-order valence-corrected chi connectivity index (χ1v) is 8.79. The Balaban J connectivity index is 1.77. The zero-order valence-corrected chi connectivity index (χ0v) is 14.9. The van der Waals surface area contributed by atoms with Crippen LogP contribution in [0.25, 0.3) is 0 Å². The quantitative estimate of drug-likeness (QED) is 0.749. The Bertz CT molecular complexity index is 698. The van der Waals surface area contributed by atoms with Gasteiger partial charge in [0.2, 0.25) is 5.91 Å². The molecule has 0 unspecified atom stereocenters. The van der Waals surface area contributed by atoms with Crippen molar-refractivity contribution in [2.75, 3.05) is 26.2 Å². The molecule has 25 heavy (non-hydrogen) atoms. The molecule has 1 N–H and O–H groups in total. The van der Waals surface area contributed by atoms with Crippen molar-refractivity contribution in [2.45, 2.75) is 33.4 Å². The van der Waals surface area contributed by atoms with Gasteiger partial charge in [-0.2, -0.15) is 5.10 Å². The van der Waals surface area contributed by atoms with Gasteiger partial charge in [0.15, 0.2) is 0 Å². The van der Waals surface area contributed by atoms with E-state index in [-0.39, 0.29) is 12.5 Å². The number of rotatable bonds is 7. The molecule has 3 heterocycles. The average molecular weight is 346 g/mol. The maximum absolute atomic E-state index is 12.6. The van der Waals surface area contributed by atoms with Crippen LogP contribution < -0.4 is 0 Å². The van der Waals surface area contributed by atoms with Gasteiger partial charge in [-0.1, -0.05) is 13.0 Å². The Morgan fingerprint density at radius 1 is 1.52 bits per heavy atom. The van der Waals surface area contributed by atoms with Crippen molar-refractivity contribution in [2.24, 2.45) is 11.3 Å². The Kier molecular flexibility index (Phi) is 4.69. The number of carbonyl (C=O) groups excluding carboxylic acids is 1. The molecule has 2 atom stereocenters. The number of aromatic nitrogens is 2. The molecule has 1 amide bonds. The third-order valence-electron chi connectivity index (χ3n) is 5.37. The molecule has 0 aromatic carbocycles. The third-order valence-corrected chi connectivity index (χ3v) is 5.37. The Labute approximate surface area is 147 Å². The highest BCUT2D eigenvalue weighted by atomic mass is 16.4. The summed E-state index contributed by atoms with van der Waals surface area (Å²) in [5, 5.41) is 14.3. The Hall–Kier alpha value is -2.15. The van der Waals surface area contributed by atoms with Crippen molar-refractivity contribution < 1.29 is 14.7 Å². The van der Waals surface area contributed by atoms with Crippen LogP contribution in [0.2, 0.25) is 0 Å². The van der Waals surface area contributed by atoms with Gasteiger partial charge in [-0.05, 0) is 13.3 Å². The van der Waals surface area contributed by atoms with Crippen molar-refractivity contribution in [3.63, 3.8) is 0 Å². The number of hydrogen-bond donors (Lipinski definition) is 1. The minimum atomic E-state index is -1.01. The Morgan fingerprint density at radius 3 is 2.88 bits per heavy atom. The summed E-state index contributed by atoms with van der Waals surface area (Å²) in [6, 6.07) is 0. The van der Waals surface area contributed by atoms with Gasteiger partial charge in [-0.15, -0.1) is 6.58 Å². The number of carboxylic acids is 1. The highest BCUT2D eigenvalue weighted by molar-refractivity contribution is 5.92. The van der Waals surface area contributed by atoms with E-state index >= 15 is 0 Å². The van der Waals surface area contributed by atoms with Crippen LogP contribution >= 0.6 is 0 Å². The van der Waals surface area contributed by atoms with E-state index in [1.54, 1.807) is 11.0 Å². The minimum absolute atomic E-state index is 0.0665. The van der Waals surface area contributed by atoms with Crippen LogP contribution in [0.4, 0.5) is 0 Å². The number of fused-ring (bicyclic) bond motifs is 1. The highest BCUT2D eigenvalue weighted by Crippen LogP contribution is 2.44. The van der Waals surface area contributed by atoms with E-state index in [1.165, 1.54) is 0 Å². The number of aliphatic carboxylic acids is 1. The van der Waals surface area contributed by atoms with Crippen LogP contribution in [-0.2, 0) is 22.7 Å². The van der Waals surface area contributed by atoms with Crippen molar-refractivity contribution in [3.05, 3.63) is 30.1 Å². The lowest BCUT2D eigenvalue weighted by atomic mass is 9.81. The van der Waals surface area contributed by atoms with Crippen molar-refractivity contribution in [1.82, 2.24) is 19.6 Å². The van der Waals surface area contributed by atoms with E-state index in [1.807, 2.05) is 17.8 Å². The summed E-state index contributed by atoms with van der Waals surface area (Å²) in [5.41, 5.74) is 1.06. The fraction of sp³-hybridized carbons (Fsp3) is 0.611. The molecule has 2 saturated heterocycles. The maximum Gasteiger partial charge on any atom is 0.313 e. The highest BCUT2D eigenvalue weighted by Gasteiger charge is 2.61. The standard InChI is InChI=1S/C18H26N4O3/c1-4-6-21-12-18(17(24)25)11-20(10-15(18)16(21)23)8-14-9-22(7-5-2)19-13(14)3/h4,9,15H,1,5-8,10-12H2,2-3H3,(H,24,25)/t15-,18-/m1/s1. The third kappa shape index (κ3) is 2.97. The second-order valence-corrected chi connectivity index (χ2v) is 7.19. The van der Waals surface area contributed by atoms with Gasteiger partial charge in [-0.3, -0.25) is 19.2 Å². The van der Waals surface area contributed by atoms with Crippen LogP contribution in [0.15, 0.2) is 18.9 Å². The average Bonchev–Trinajstić information content (AvgIpc) is 3.15. The first kappa shape index (κ1) is 17.7. The van der Waals surface area contributed by atoms with E-state index in [0.29, 0.717) is 26.2 Å². The summed E-state index contributed by atoms with van der Waals surface area (Å²) in [6.45, 7) is 10.8. The van der Waals surface area contributed by atoms with Crippen LogP contribution in [0.1, 0.15) is 24.6 Å². The first-order chi connectivity index (χ1) is 11.9. The lowest BCUT2D eigenvalue weighted by molar-refractivity contribution is -0.149. The number of carboxylic acid groups (broad SMARTS) is 1. The summed E-state index contributed by atoms with van der Waals surface area (Å²) < 4.78 is 1.94. The minimum Gasteiger partial charge on any atom is -0.481 e. The van der Waals surface area contributed by atoms with Crippen molar-refractivity contribution in [1.29, 1.82) is 0 Å². The van der Waals surface area contributed by atoms with Crippen molar-refractivity contribution >= 4 is 11.9 Å². The Morgan fingerprint density at radius 2 is 2.28 bits per heavy atom. The summed E-state index contributed by atoms with van der Waals surface area (Å²) in [5.74, 6) is -1.42. The number of likely N-dealkylation sites (tertiary alicyclic amines) is 2. The summed E-state index contributed by atoms with van der Waals surface area (Å²) in [4.78, 5) is 28.3. The zero-order valence-electron chi connectivity index (χ0n) is 14.9. The molecule has 3 rings (SSSR count). The molecule has 2 aliphatic rings. The number of carbonyl (C=O) groups is 2. The van der Waals surface area contributed by atoms with Gasteiger partial charge in [0.05, 0.1) is 11.6 Å². The lowest BCUT2D eigenvalue weighted by Crippen LogP contribution is -2.40. The van der Waals surface area contributed by atoms with Crippen LogP contribution in [0.5, 0.6) is 0 Å². The molecule has 136 valence electrons. The van der Waals surface area contributed by atoms with Crippen molar-refractivity contribution in [3.8, 4) is 0 Å². The molecule has 7 heteroatoms. The number of amides is 1. The summed E-state index contributed by atoms with van der Waals surface area (Å²) in [7, 11) is 0. The molecule has 2 aliphatic heterocycles. The fourth-order valence-electron chi connectivity index (χ4n) is 4.13. The largest absolute Gasteiger partial charge is 0.481 e. The van der Waals surface area contributed by atoms with Gasteiger partial charge in [-0.25, -0.2) is 0 Å². The number of nitrogens with zero attached hydrogens (tertiary/aromatic N) is 4. The molecule has 0 bridgehead atoms. The van der Waals surface area contributed by atoms with Gasteiger partial charge < -0.3 is 10.0 Å². The van der Waals surface area contributed by atoms with Crippen LogP contribution in [0, 0.1) is 18.3 Å². The van der Waals surface area contributed by atoms with E-state index in [0.717, 1.165) is 24.2 Å². The van der Waals surface area contributed by atoms with E-state index in [4.69, 9.17) is 0 Å². The monoisotopic (exact) mass is 346 g/mol. The van der Waals surface area contributed by atoms with E-state index < -0.39 is 17.3 Å². The first-order valence-electron chi connectivity index (χ1n) is 8.79. The number of hydrogen-bond acceptors (Lipinski definition) is 4. The maximum atomic E-state index is 12.6. The molecule has 1 aromatic heterocycles. The second-order valence-electron chi connectivity index (χ2n) is 7.19. The molecule has 0 aliphatic carbocycles. The van der Waals surface area contributed by atoms with Gasteiger partial charge in [0.1, 0.15) is 5.41 Å². The molecule has 2 fully saturated rings. The van der Waals surface area contributed by atoms with Crippen LogP contribution in [0.3, 0.4) is 0 Å². The second kappa shape index (κ2) is 6.63. The summed E-state index contributed by atoms with van der Waals surface area (Å²) in [6.07, 6.45) is 4.70. The topological polar surface area (TPSA) is 78.7 Å². The lowest BCUT2D eigenvalue weighted by Gasteiger charge is -2.24. The normalized spacial score (nSPS) is 26.2. The van der Waals surface area contributed by atoms with Gasteiger partial charge in [0, 0.05) is 51.0 Å². The summed E-state index contributed by atoms with van der Waals surface area (Å²) >= 11 is 0.